The first-order valence-electron chi connectivity index (χ1n) is 8.17. The molecule has 3 heterocycles. The fourth-order valence-electron chi connectivity index (χ4n) is 3.11. The van der Waals surface area contributed by atoms with E-state index in [1.807, 2.05) is 34.5 Å². The van der Waals surface area contributed by atoms with Crippen LogP contribution in [0.25, 0.3) is 21.4 Å². The van der Waals surface area contributed by atoms with Crippen LogP contribution in [0.1, 0.15) is 0 Å². The first-order chi connectivity index (χ1) is 12.5. The normalized spacial score (nSPS) is 14.8. The molecule has 0 aliphatic carbocycles. The molecule has 1 fully saturated rings. The minimum atomic E-state index is -0.927. The predicted octanol–water partition coefficient (Wildman–Crippen LogP) is 2.90. The van der Waals surface area contributed by atoms with Crippen molar-refractivity contribution >= 4 is 39.3 Å². The fraction of sp³-hybridized carbons (Fsp3) is 0.222. The van der Waals surface area contributed by atoms with Crippen LogP contribution >= 0.6 is 11.3 Å². The molecular formula is C18H17N3O4S. The maximum absolute atomic E-state index is 12.5. The number of fused-ring (bicyclic) bond motifs is 1. The third kappa shape index (κ3) is 2.88. The molecular weight excluding hydrogens is 354 g/mol. The van der Waals surface area contributed by atoms with Crippen LogP contribution in [0.2, 0.25) is 0 Å². The smallest absolute Gasteiger partial charge is 0.407 e. The summed E-state index contributed by atoms with van der Waals surface area (Å²) in [6.07, 6.45) is -0.927. The molecule has 4 rings (SSSR count). The zero-order valence-corrected chi connectivity index (χ0v) is 14.7. The Morgan fingerprint density at radius 3 is 2.65 bits per heavy atom. The van der Waals surface area contributed by atoms with Gasteiger partial charge < -0.3 is 25.1 Å². The van der Waals surface area contributed by atoms with Crippen LogP contribution in [0, 0.1) is 0 Å². The average molecular weight is 371 g/mol. The summed E-state index contributed by atoms with van der Waals surface area (Å²) in [5.74, 6) is 0.469. The number of nitrogens with two attached hydrogens (primary N) is 1. The highest BCUT2D eigenvalue weighted by Crippen LogP contribution is 2.35. The maximum atomic E-state index is 12.5. The fourth-order valence-corrected chi connectivity index (χ4v) is 4.02. The number of nitrogen functional groups attached to an aromatic ring is 1. The molecule has 0 bridgehead atoms. The first kappa shape index (κ1) is 16.5. The lowest BCUT2D eigenvalue weighted by Crippen LogP contribution is -2.48. The van der Waals surface area contributed by atoms with Gasteiger partial charge in [0.2, 0.25) is 5.43 Å². The van der Waals surface area contributed by atoms with E-state index >= 15 is 0 Å². The number of carbonyl (C=O) groups is 1. The molecule has 0 atom stereocenters. The van der Waals surface area contributed by atoms with Gasteiger partial charge in [-0.1, -0.05) is 12.1 Å². The summed E-state index contributed by atoms with van der Waals surface area (Å²) in [5, 5.41) is 11.0. The molecule has 0 radical (unpaired) electrons. The van der Waals surface area contributed by atoms with Crippen LogP contribution in [-0.4, -0.2) is 42.3 Å². The number of amides is 1. The number of rotatable bonds is 2. The van der Waals surface area contributed by atoms with Crippen molar-refractivity contribution in [2.24, 2.45) is 0 Å². The molecule has 3 aromatic rings. The topological polar surface area (TPSA) is 100 Å². The van der Waals surface area contributed by atoms with Gasteiger partial charge in [-0.2, -0.15) is 0 Å². The molecule has 1 aliphatic heterocycles. The van der Waals surface area contributed by atoms with Crippen molar-refractivity contribution in [1.29, 1.82) is 0 Å². The Morgan fingerprint density at radius 1 is 1.19 bits per heavy atom. The predicted molar refractivity (Wildman–Crippen MR) is 102 cm³/mol. The van der Waals surface area contributed by atoms with Crippen LogP contribution in [0.5, 0.6) is 0 Å². The lowest BCUT2D eigenvalue weighted by atomic mass is 10.1. The second kappa shape index (κ2) is 6.38. The zero-order chi connectivity index (χ0) is 18.3. The van der Waals surface area contributed by atoms with E-state index in [4.69, 9.17) is 15.3 Å². The van der Waals surface area contributed by atoms with Crippen molar-refractivity contribution in [3.63, 3.8) is 0 Å². The van der Waals surface area contributed by atoms with Gasteiger partial charge in [0, 0.05) is 48.9 Å². The van der Waals surface area contributed by atoms with Gasteiger partial charge in [0.25, 0.3) is 0 Å². The molecule has 1 aliphatic rings. The molecule has 7 nitrogen and oxygen atoms in total. The number of anilines is 2. The lowest BCUT2D eigenvalue weighted by molar-refractivity contribution is 0.142. The summed E-state index contributed by atoms with van der Waals surface area (Å²) in [6, 6.07) is 8.93. The highest BCUT2D eigenvalue weighted by Gasteiger charge is 2.23. The minimum Gasteiger partial charge on any atom is -0.465 e. The van der Waals surface area contributed by atoms with Crippen LogP contribution in [0.3, 0.4) is 0 Å². The SMILES string of the molecule is Nc1cccc(-c2csc3c(=O)cc(N4CCN(C(=O)O)CC4)oc23)c1. The highest BCUT2D eigenvalue weighted by molar-refractivity contribution is 7.17. The van der Waals surface area contributed by atoms with E-state index in [2.05, 4.69) is 0 Å². The van der Waals surface area contributed by atoms with Gasteiger partial charge >= 0.3 is 6.09 Å². The summed E-state index contributed by atoms with van der Waals surface area (Å²) in [6.45, 7) is 1.72. The largest absolute Gasteiger partial charge is 0.465 e. The molecule has 0 saturated carbocycles. The van der Waals surface area contributed by atoms with E-state index < -0.39 is 6.09 Å². The van der Waals surface area contributed by atoms with Gasteiger partial charge in [-0.3, -0.25) is 4.79 Å². The molecule has 1 aromatic carbocycles. The number of benzene rings is 1. The van der Waals surface area contributed by atoms with Crippen molar-refractivity contribution in [1.82, 2.24) is 4.90 Å². The molecule has 3 N–H and O–H groups in total. The molecule has 1 amide bonds. The third-order valence-corrected chi connectivity index (χ3v) is 5.47. The standard InChI is InChI=1S/C18H17N3O4S/c19-12-3-1-2-11(8-12)13-10-26-17-14(22)9-15(25-16(13)17)20-4-6-21(7-5-20)18(23)24/h1-3,8-10H,4-7,19H2,(H,23,24). The van der Waals surface area contributed by atoms with E-state index in [-0.39, 0.29) is 5.43 Å². The maximum Gasteiger partial charge on any atom is 0.407 e. The number of hydrogen-bond acceptors (Lipinski definition) is 6. The monoisotopic (exact) mass is 371 g/mol. The van der Waals surface area contributed by atoms with E-state index in [1.54, 1.807) is 0 Å². The van der Waals surface area contributed by atoms with Crippen LogP contribution < -0.4 is 16.1 Å². The van der Waals surface area contributed by atoms with Crippen molar-refractivity contribution in [2.45, 2.75) is 0 Å². The van der Waals surface area contributed by atoms with Crippen molar-refractivity contribution in [3.05, 3.63) is 45.9 Å². The number of thiophene rings is 1. The summed E-state index contributed by atoms with van der Waals surface area (Å²) in [4.78, 5) is 26.8. The van der Waals surface area contributed by atoms with Crippen molar-refractivity contribution in [2.75, 3.05) is 36.8 Å². The van der Waals surface area contributed by atoms with Crippen LogP contribution in [-0.2, 0) is 0 Å². The Bertz CT molecular complexity index is 1030. The number of carboxylic acid groups (broad SMARTS) is 1. The summed E-state index contributed by atoms with van der Waals surface area (Å²) < 4.78 is 6.64. The Kier molecular flexibility index (Phi) is 4.04. The Morgan fingerprint density at radius 2 is 1.96 bits per heavy atom. The quantitative estimate of drug-likeness (QED) is 0.672. The average Bonchev–Trinajstić information content (AvgIpc) is 3.06. The summed E-state index contributed by atoms with van der Waals surface area (Å²) in [7, 11) is 0. The second-order valence-electron chi connectivity index (χ2n) is 6.14. The molecule has 26 heavy (non-hydrogen) atoms. The zero-order valence-electron chi connectivity index (χ0n) is 13.8. The highest BCUT2D eigenvalue weighted by atomic mass is 32.1. The van der Waals surface area contributed by atoms with Gasteiger partial charge in [0.05, 0.1) is 0 Å². The Balaban J connectivity index is 1.73. The van der Waals surface area contributed by atoms with Gasteiger partial charge in [-0.15, -0.1) is 11.3 Å². The van der Waals surface area contributed by atoms with Crippen molar-refractivity contribution < 1.29 is 14.3 Å². The first-order valence-corrected chi connectivity index (χ1v) is 9.05. The van der Waals surface area contributed by atoms with E-state index in [0.29, 0.717) is 48.0 Å². The van der Waals surface area contributed by atoms with Gasteiger partial charge in [0.15, 0.2) is 11.5 Å². The summed E-state index contributed by atoms with van der Waals surface area (Å²) in [5.41, 5.74) is 8.70. The number of piperazine rings is 1. The molecule has 0 spiro atoms. The van der Waals surface area contributed by atoms with Gasteiger partial charge in [-0.05, 0) is 17.7 Å². The van der Waals surface area contributed by atoms with Gasteiger partial charge in [0.1, 0.15) is 4.70 Å². The van der Waals surface area contributed by atoms with E-state index in [1.165, 1.54) is 22.3 Å². The Hall–Kier alpha value is -3.00. The third-order valence-electron chi connectivity index (χ3n) is 4.49. The minimum absolute atomic E-state index is 0.0953. The van der Waals surface area contributed by atoms with E-state index in [0.717, 1.165) is 11.1 Å². The molecule has 8 heteroatoms. The second-order valence-corrected chi connectivity index (χ2v) is 7.02. The number of hydrogen-bond donors (Lipinski definition) is 2. The summed E-state index contributed by atoms with van der Waals surface area (Å²) >= 11 is 1.35. The lowest BCUT2D eigenvalue weighted by Gasteiger charge is -2.33. The molecule has 0 unspecified atom stereocenters. The molecule has 1 saturated heterocycles. The van der Waals surface area contributed by atoms with Crippen molar-refractivity contribution in [3.8, 4) is 11.1 Å². The van der Waals surface area contributed by atoms with E-state index in [9.17, 15) is 9.59 Å². The van der Waals surface area contributed by atoms with Crippen LogP contribution in [0.4, 0.5) is 16.4 Å². The molecule has 2 aromatic heterocycles. The van der Waals surface area contributed by atoms with Crippen LogP contribution in [0.15, 0.2) is 44.9 Å². The number of nitrogens with zero attached hydrogens (tertiary/aromatic N) is 2. The molecule has 134 valence electrons. The Labute approximate surface area is 152 Å². The van der Waals surface area contributed by atoms with Gasteiger partial charge in [-0.25, -0.2) is 4.79 Å².